The van der Waals surface area contributed by atoms with Gasteiger partial charge in [0.1, 0.15) is 0 Å². The van der Waals surface area contributed by atoms with Crippen LogP contribution >= 0.6 is 15.9 Å². The van der Waals surface area contributed by atoms with E-state index in [4.69, 9.17) is 4.74 Å². The van der Waals surface area contributed by atoms with E-state index in [1.807, 2.05) is 6.92 Å². The molecule has 2 aliphatic heterocycles. The zero-order chi connectivity index (χ0) is 13.5. The number of alkyl halides is 1. The van der Waals surface area contributed by atoms with E-state index in [1.165, 1.54) is 45.2 Å². The zero-order valence-electron chi connectivity index (χ0n) is 11.7. The molecule has 0 bridgehead atoms. The first-order chi connectivity index (χ1) is 9.11. The van der Waals surface area contributed by atoms with E-state index < -0.39 is 0 Å². The first-order valence-corrected chi connectivity index (χ1v) is 8.58. The number of fused-ring (bicyclic) bond motifs is 1. The highest BCUT2D eigenvalue weighted by atomic mass is 79.9. The predicted octanol–water partition coefficient (Wildman–Crippen LogP) is 2.97. The van der Waals surface area contributed by atoms with E-state index in [-0.39, 0.29) is 11.4 Å². The second-order valence-corrected chi connectivity index (χ2v) is 7.79. The number of ether oxygens (including phenoxy) is 1. The van der Waals surface area contributed by atoms with Crippen molar-refractivity contribution in [2.45, 2.75) is 56.3 Å². The smallest absolute Gasteiger partial charge is 0.312 e. The third-order valence-corrected chi connectivity index (χ3v) is 6.59. The fourth-order valence-corrected chi connectivity index (χ4v) is 4.50. The van der Waals surface area contributed by atoms with Crippen molar-refractivity contribution < 1.29 is 9.53 Å². The van der Waals surface area contributed by atoms with Gasteiger partial charge in [-0.25, -0.2) is 0 Å². The number of hydrogen-bond acceptors (Lipinski definition) is 3. The van der Waals surface area contributed by atoms with E-state index in [0.29, 0.717) is 23.4 Å². The van der Waals surface area contributed by atoms with Crippen LogP contribution < -0.4 is 0 Å². The molecule has 19 heavy (non-hydrogen) atoms. The van der Waals surface area contributed by atoms with Gasteiger partial charge in [-0.1, -0.05) is 22.4 Å². The Balaban J connectivity index is 1.53. The molecule has 3 fully saturated rings. The third kappa shape index (κ3) is 2.71. The molecule has 108 valence electrons. The summed E-state index contributed by atoms with van der Waals surface area (Å²) in [5.41, 5.74) is -0.249. The molecule has 2 heterocycles. The molecule has 4 atom stereocenters. The Hall–Kier alpha value is -0.0900. The quantitative estimate of drug-likeness (QED) is 0.589. The molecule has 0 radical (unpaired) electrons. The molecule has 1 saturated carbocycles. The van der Waals surface area contributed by atoms with Gasteiger partial charge in [0.25, 0.3) is 0 Å². The van der Waals surface area contributed by atoms with Crippen molar-refractivity contribution in [2.24, 2.45) is 11.3 Å². The number of nitrogens with zero attached hydrogens (tertiary/aromatic N) is 1. The van der Waals surface area contributed by atoms with Crippen LogP contribution in [-0.4, -0.2) is 41.4 Å². The monoisotopic (exact) mass is 329 g/mol. The van der Waals surface area contributed by atoms with Crippen LogP contribution in [0.3, 0.4) is 0 Å². The van der Waals surface area contributed by atoms with Gasteiger partial charge in [-0.15, -0.1) is 0 Å². The van der Waals surface area contributed by atoms with Gasteiger partial charge in [-0.2, -0.15) is 0 Å². The van der Waals surface area contributed by atoms with E-state index >= 15 is 0 Å². The van der Waals surface area contributed by atoms with Crippen LogP contribution in [0.2, 0.25) is 0 Å². The van der Waals surface area contributed by atoms with Crippen LogP contribution in [0, 0.1) is 11.3 Å². The standard InChI is InChI=1S/C15H24BrNO2/c1-15(9-13(15)16)14(18)19-10-11-5-4-8-17-7-3-2-6-12(11)17/h11-13H,2-10H2,1H3/t11-,12-,13+,15+/m1/s1. The number of halogens is 1. The lowest BCUT2D eigenvalue weighted by molar-refractivity contribution is -0.152. The zero-order valence-corrected chi connectivity index (χ0v) is 13.3. The van der Waals surface area contributed by atoms with Crippen molar-refractivity contribution in [2.75, 3.05) is 19.7 Å². The maximum Gasteiger partial charge on any atom is 0.312 e. The summed E-state index contributed by atoms with van der Waals surface area (Å²) < 4.78 is 5.63. The van der Waals surface area contributed by atoms with Crippen molar-refractivity contribution in [3.05, 3.63) is 0 Å². The summed E-state index contributed by atoms with van der Waals surface area (Å²) in [7, 11) is 0. The Labute approximate surface area is 124 Å². The van der Waals surface area contributed by atoms with Gasteiger partial charge in [-0.05, 0) is 52.1 Å². The molecular formula is C15H24BrNO2. The third-order valence-electron chi connectivity index (χ3n) is 5.26. The highest BCUT2D eigenvalue weighted by molar-refractivity contribution is 9.09. The molecular weight excluding hydrogens is 306 g/mol. The average molecular weight is 330 g/mol. The number of rotatable bonds is 3. The van der Waals surface area contributed by atoms with E-state index in [2.05, 4.69) is 20.8 Å². The summed E-state index contributed by atoms with van der Waals surface area (Å²) in [4.78, 5) is 15.0. The van der Waals surface area contributed by atoms with Gasteiger partial charge < -0.3 is 4.74 Å². The van der Waals surface area contributed by atoms with Gasteiger partial charge in [0.05, 0.1) is 12.0 Å². The highest BCUT2D eigenvalue weighted by Gasteiger charge is 2.56. The fraction of sp³-hybridized carbons (Fsp3) is 0.933. The molecule has 0 aromatic rings. The van der Waals surface area contributed by atoms with E-state index in [0.717, 1.165) is 6.42 Å². The van der Waals surface area contributed by atoms with E-state index in [9.17, 15) is 4.79 Å². The summed E-state index contributed by atoms with van der Waals surface area (Å²) in [5.74, 6) is 0.566. The van der Waals surface area contributed by atoms with Crippen molar-refractivity contribution in [1.82, 2.24) is 4.90 Å². The van der Waals surface area contributed by atoms with Gasteiger partial charge in [0.15, 0.2) is 0 Å². The molecule has 1 aliphatic carbocycles. The molecule has 0 N–H and O–H groups in total. The SMILES string of the molecule is C[C@]1(C(=O)OC[C@H]2CCCN3CCCC[C@H]23)C[C@@H]1Br. The van der Waals surface area contributed by atoms with Crippen molar-refractivity contribution in [3.63, 3.8) is 0 Å². The van der Waals surface area contributed by atoms with Crippen LogP contribution in [0.4, 0.5) is 0 Å². The van der Waals surface area contributed by atoms with Crippen molar-refractivity contribution >= 4 is 21.9 Å². The highest BCUT2D eigenvalue weighted by Crippen LogP contribution is 2.52. The van der Waals surface area contributed by atoms with E-state index in [1.54, 1.807) is 0 Å². The molecule has 0 unspecified atom stereocenters. The summed E-state index contributed by atoms with van der Waals surface area (Å²) in [5, 5.41) is 0. The minimum atomic E-state index is -0.249. The molecule has 3 nitrogen and oxygen atoms in total. The Kier molecular flexibility index (Phi) is 3.91. The van der Waals surface area contributed by atoms with Crippen LogP contribution in [0.25, 0.3) is 0 Å². The molecule has 4 heteroatoms. The number of esters is 1. The van der Waals surface area contributed by atoms with Crippen LogP contribution in [-0.2, 0) is 9.53 Å². The minimum Gasteiger partial charge on any atom is -0.465 e. The summed E-state index contributed by atoms with van der Waals surface area (Å²) in [6.07, 6.45) is 7.38. The van der Waals surface area contributed by atoms with Crippen molar-refractivity contribution in [3.8, 4) is 0 Å². The summed E-state index contributed by atoms with van der Waals surface area (Å²) in [6, 6.07) is 0.669. The lowest BCUT2D eigenvalue weighted by Crippen LogP contribution is -2.49. The van der Waals surface area contributed by atoms with Gasteiger partial charge in [-0.3, -0.25) is 9.69 Å². The molecule has 3 aliphatic rings. The van der Waals surface area contributed by atoms with Crippen LogP contribution in [0.1, 0.15) is 45.4 Å². The number of carbonyl (C=O) groups excluding carboxylic acids is 1. The maximum atomic E-state index is 12.1. The Morgan fingerprint density at radius 1 is 1.32 bits per heavy atom. The molecule has 2 saturated heterocycles. The van der Waals surface area contributed by atoms with Gasteiger partial charge >= 0.3 is 5.97 Å². The number of piperidine rings is 2. The first-order valence-electron chi connectivity index (χ1n) is 7.66. The molecule has 3 rings (SSSR count). The van der Waals surface area contributed by atoms with Crippen molar-refractivity contribution in [1.29, 1.82) is 0 Å². The molecule has 0 spiro atoms. The first kappa shape index (κ1) is 13.9. The maximum absolute atomic E-state index is 12.1. The second-order valence-electron chi connectivity index (χ2n) is 6.69. The Morgan fingerprint density at radius 3 is 2.79 bits per heavy atom. The predicted molar refractivity (Wildman–Crippen MR) is 78.3 cm³/mol. The Bertz CT molecular complexity index is 360. The van der Waals surface area contributed by atoms with Gasteiger partial charge in [0, 0.05) is 16.8 Å². The van der Waals surface area contributed by atoms with Crippen LogP contribution in [0.15, 0.2) is 0 Å². The van der Waals surface area contributed by atoms with Gasteiger partial charge in [0.2, 0.25) is 0 Å². The molecule has 0 aromatic heterocycles. The Morgan fingerprint density at radius 2 is 2.05 bits per heavy atom. The summed E-state index contributed by atoms with van der Waals surface area (Å²) in [6.45, 7) is 5.13. The average Bonchev–Trinajstić information content (AvgIpc) is 3.05. The largest absolute Gasteiger partial charge is 0.465 e. The van der Waals surface area contributed by atoms with Crippen LogP contribution in [0.5, 0.6) is 0 Å². The number of carbonyl (C=O) groups is 1. The minimum absolute atomic E-state index is 0.00214. The molecule has 0 amide bonds. The topological polar surface area (TPSA) is 29.5 Å². The summed E-state index contributed by atoms with van der Waals surface area (Å²) >= 11 is 3.52. The lowest BCUT2D eigenvalue weighted by Gasteiger charge is -2.44. The molecule has 0 aromatic carbocycles. The lowest BCUT2D eigenvalue weighted by atomic mass is 9.84. The normalized spacial score (nSPS) is 42.5. The second kappa shape index (κ2) is 5.36. The number of hydrogen-bond donors (Lipinski definition) is 0. The fourth-order valence-electron chi connectivity index (χ4n) is 3.64.